The normalized spacial score (nSPS) is 31.9. The van der Waals surface area contributed by atoms with E-state index in [0.29, 0.717) is 5.56 Å². The van der Waals surface area contributed by atoms with Gasteiger partial charge in [0, 0.05) is 11.6 Å². The summed E-state index contributed by atoms with van der Waals surface area (Å²) in [4.78, 5) is 13.3. The largest absolute Gasteiger partial charge is 0.508 e. The van der Waals surface area contributed by atoms with Gasteiger partial charge in [-0.15, -0.1) is 0 Å². The third-order valence-electron chi connectivity index (χ3n) is 6.92. The lowest BCUT2D eigenvalue weighted by Crippen LogP contribution is -2.49. The monoisotopic (exact) mass is 534 g/mol. The Kier molecular flexibility index (Phi) is 6.79. The molecule has 5 rings (SSSR count). The van der Waals surface area contributed by atoms with Crippen molar-refractivity contribution in [2.45, 2.75) is 48.8 Å². The highest BCUT2D eigenvalue weighted by atomic mass is 16.5. The number of hydrogen-bond donors (Lipinski definition) is 9. The molecule has 13 nitrogen and oxygen atoms in total. The summed E-state index contributed by atoms with van der Waals surface area (Å²) in [6.45, 7) is -0.966. The van der Waals surface area contributed by atoms with Crippen LogP contribution >= 0.6 is 0 Å². The van der Waals surface area contributed by atoms with Gasteiger partial charge in [0.05, 0.1) is 24.3 Å². The second-order valence-electron chi connectivity index (χ2n) is 9.36. The molecule has 0 unspecified atom stereocenters. The molecule has 3 heterocycles. The van der Waals surface area contributed by atoms with E-state index < -0.39 is 101 Å². The van der Waals surface area contributed by atoms with Gasteiger partial charge in [0.2, 0.25) is 0 Å². The molecule has 38 heavy (non-hydrogen) atoms. The quantitative estimate of drug-likeness (QED) is 0.194. The lowest BCUT2D eigenvalue weighted by molar-refractivity contribution is -0.191. The highest BCUT2D eigenvalue weighted by Crippen LogP contribution is 2.50. The van der Waals surface area contributed by atoms with Gasteiger partial charge in [0.15, 0.2) is 11.0 Å². The van der Waals surface area contributed by atoms with E-state index in [9.17, 15) is 50.8 Å². The fraction of sp³-hybridized carbons (Fsp3) is 0.400. The van der Waals surface area contributed by atoms with Gasteiger partial charge in [-0.25, -0.2) is 0 Å². The van der Waals surface area contributed by atoms with Crippen LogP contribution in [0.4, 0.5) is 0 Å². The maximum Gasteiger partial charge on any atom is 0.197 e. The predicted molar refractivity (Wildman–Crippen MR) is 126 cm³/mol. The standard InChI is InChI=1S/C25H26O13/c26-9-3-1-8(2-4-9)13-5-10(27)14-19(32)15(24-21(34)17(30)11(28)6-36-24)20(33)16(23(14)38-13)25-22(35)18(31)12(29)7-37-25/h1-5,11-12,17-18,21-22,24-26,28-35H,6-7H2/t11-,12-,17-,18-,21+,22+,24-,25+/m0/s1. The molecule has 0 radical (unpaired) electrons. The molecule has 3 aromatic rings. The van der Waals surface area contributed by atoms with Crippen molar-refractivity contribution in [2.75, 3.05) is 13.2 Å². The molecule has 0 bridgehead atoms. The lowest BCUT2D eigenvalue weighted by atomic mass is 9.87. The van der Waals surface area contributed by atoms with E-state index in [2.05, 4.69) is 0 Å². The molecular weight excluding hydrogens is 508 g/mol. The SMILES string of the molecule is O=c1cc(-c2ccc(O)cc2)oc2c([C@H]3OC[C@H](O)[C@H](O)[C@H]3O)c(O)c([C@@H]3OC[C@H](O)[C@H](O)[C@H]3O)c(O)c12. The first kappa shape index (κ1) is 26.3. The summed E-state index contributed by atoms with van der Waals surface area (Å²) in [6, 6.07) is 6.60. The maximum absolute atomic E-state index is 13.3. The van der Waals surface area contributed by atoms with Gasteiger partial charge in [-0.3, -0.25) is 4.79 Å². The Hall–Kier alpha value is -3.27. The van der Waals surface area contributed by atoms with E-state index in [-0.39, 0.29) is 11.5 Å². The van der Waals surface area contributed by atoms with Crippen molar-refractivity contribution >= 4 is 11.0 Å². The third kappa shape index (κ3) is 4.19. The number of fused-ring (bicyclic) bond motifs is 1. The van der Waals surface area contributed by atoms with Gasteiger partial charge in [0.1, 0.15) is 77.2 Å². The molecule has 0 saturated carbocycles. The van der Waals surface area contributed by atoms with Crippen molar-refractivity contribution in [1.29, 1.82) is 0 Å². The molecule has 8 atom stereocenters. The molecule has 2 fully saturated rings. The topological polar surface area (TPSA) is 231 Å². The van der Waals surface area contributed by atoms with Crippen molar-refractivity contribution < 1.29 is 59.8 Å². The summed E-state index contributed by atoms with van der Waals surface area (Å²) in [5.41, 5.74) is -1.86. The van der Waals surface area contributed by atoms with Gasteiger partial charge in [-0.05, 0) is 24.3 Å². The minimum absolute atomic E-state index is 0.0475. The van der Waals surface area contributed by atoms with E-state index in [1.54, 1.807) is 0 Å². The summed E-state index contributed by atoms with van der Waals surface area (Å²) in [5, 5.41) is 93.1. The van der Waals surface area contributed by atoms with Crippen LogP contribution < -0.4 is 5.43 Å². The van der Waals surface area contributed by atoms with Crippen molar-refractivity contribution in [1.82, 2.24) is 0 Å². The third-order valence-corrected chi connectivity index (χ3v) is 6.92. The van der Waals surface area contributed by atoms with E-state index in [1.807, 2.05) is 0 Å². The predicted octanol–water partition coefficient (Wildman–Crippen LogP) is -1.12. The number of phenols is 3. The van der Waals surface area contributed by atoms with E-state index in [1.165, 1.54) is 24.3 Å². The number of ether oxygens (including phenoxy) is 2. The van der Waals surface area contributed by atoms with E-state index >= 15 is 0 Å². The van der Waals surface area contributed by atoms with Crippen LogP contribution in [0.5, 0.6) is 17.2 Å². The van der Waals surface area contributed by atoms with Gasteiger partial charge in [-0.2, -0.15) is 0 Å². The fourth-order valence-electron chi connectivity index (χ4n) is 4.83. The average Bonchev–Trinajstić information content (AvgIpc) is 2.88. The van der Waals surface area contributed by atoms with Crippen LogP contribution in [-0.2, 0) is 9.47 Å². The summed E-state index contributed by atoms with van der Waals surface area (Å²) >= 11 is 0. The highest BCUT2D eigenvalue weighted by molar-refractivity contribution is 5.91. The molecule has 2 aromatic carbocycles. The van der Waals surface area contributed by atoms with Gasteiger partial charge < -0.3 is 59.8 Å². The molecule has 2 aliphatic heterocycles. The van der Waals surface area contributed by atoms with Crippen LogP contribution in [0.3, 0.4) is 0 Å². The molecule has 1 aromatic heterocycles. The smallest absolute Gasteiger partial charge is 0.197 e. The van der Waals surface area contributed by atoms with Crippen LogP contribution in [0.1, 0.15) is 23.3 Å². The van der Waals surface area contributed by atoms with Crippen LogP contribution in [0.25, 0.3) is 22.3 Å². The number of aromatic hydroxyl groups is 3. The number of aliphatic hydroxyl groups is 6. The molecule has 13 heteroatoms. The molecule has 204 valence electrons. The fourth-order valence-corrected chi connectivity index (χ4v) is 4.83. The Balaban J connectivity index is 1.80. The number of aliphatic hydroxyl groups excluding tert-OH is 6. The average molecular weight is 534 g/mol. The zero-order valence-electron chi connectivity index (χ0n) is 19.6. The first-order valence-corrected chi connectivity index (χ1v) is 11.7. The first-order valence-electron chi connectivity index (χ1n) is 11.7. The minimum atomic E-state index is -1.85. The Morgan fingerprint density at radius 2 is 1.21 bits per heavy atom. The molecule has 2 saturated heterocycles. The summed E-state index contributed by atoms with van der Waals surface area (Å²) in [6.07, 6.45) is -13.3. The Labute approximate surface area is 213 Å². The molecule has 2 aliphatic rings. The molecule has 9 N–H and O–H groups in total. The summed E-state index contributed by atoms with van der Waals surface area (Å²) in [5.74, 6) is -1.80. The summed E-state index contributed by atoms with van der Waals surface area (Å²) < 4.78 is 16.8. The van der Waals surface area contributed by atoms with Crippen molar-refractivity contribution in [3.8, 4) is 28.6 Å². The van der Waals surface area contributed by atoms with Crippen LogP contribution in [0.2, 0.25) is 0 Å². The van der Waals surface area contributed by atoms with Gasteiger partial charge in [0.25, 0.3) is 0 Å². The first-order chi connectivity index (χ1) is 18.0. The van der Waals surface area contributed by atoms with Crippen molar-refractivity contribution in [3.63, 3.8) is 0 Å². The number of hydrogen-bond acceptors (Lipinski definition) is 13. The second kappa shape index (κ2) is 9.80. The minimum Gasteiger partial charge on any atom is -0.508 e. The Bertz CT molecular complexity index is 1400. The maximum atomic E-state index is 13.3. The number of benzene rings is 2. The number of rotatable bonds is 3. The van der Waals surface area contributed by atoms with Crippen LogP contribution in [0, 0.1) is 0 Å². The zero-order chi connectivity index (χ0) is 27.5. The van der Waals surface area contributed by atoms with Gasteiger partial charge >= 0.3 is 0 Å². The second-order valence-corrected chi connectivity index (χ2v) is 9.36. The highest BCUT2D eigenvalue weighted by Gasteiger charge is 2.46. The Morgan fingerprint density at radius 1 is 0.684 bits per heavy atom. The van der Waals surface area contributed by atoms with Gasteiger partial charge in [-0.1, -0.05) is 0 Å². The molecular formula is C25H26O13. The number of phenolic OH excluding ortho intramolecular Hbond substituents is 3. The zero-order valence-corrected chi connectivity index (χ0v) is 19.6. The lowest BCUT2D eigenvalue weighted by Gasteiger charge is -2.38. The molecule has 0 aliphatic carbocycles. The van der Waals surface area contributed by atoms with E-state index in [0.717, 1.165) is 6.07 Å². The van der Waals surface area contributed by atoms with E-state index in [4.69, 9.17) is 13.9 Å². The van der Waals surface area contributed by atoms with Crippen molar-refractivity contribution in [3.05, 3.63) is 51.7 Å². The van der Waals surface area contributed by atoms with Crippen LogP contribution in [-0.4, -0.2) is 95.8 Å². The summed E-state index contributed by atoms with van der Waals surface area (Å²) in [7, 11) is 0. The van der Waals surface area contributed by atoms with Crippen molar-refractivity contribution in [2.24, 2.45) is 0 Å². The molecule has 0 amide bonds. The van der Waals surface area contributed by atoms with Crippen LogP contribution in [0.15, 0.2) is 39.5 Å². The Morgan fingerprint density at radius 3 is 1.76 bits per heavy atom. The molecule has 0 spiro atoms.